The Balaban J connectivity index is 1.35. The Morgan fingerprint density at radius 3 is 1.49 bits per heavy atom. The zero-order valence-electron chi connectivity index (χ0n) is 23.4. The van der Waals surface area contributed by atoms with E-state index in [0.717, 1.165) is 21.9 Å². The molecule has 8 aromatic carbocycles. The van der Waals surface area contributed by atoms with Gasteiger partial charge in [0.25, 0.3) is 0 Å². The number of rotatable bonds is 3. The minimum Gasteiger partial charge on any atom is -0.456 e. The molecule has 9 aromatic rings. The summed E-state index contributed by atoms with van der Waals surface area (Å²) in [5.41, 5.74) is 9.21. The second-order valence-corrected chi connectivity index (χ2v) is 11.3. The highest BCUT2D eigenvalue weighted by Gasteiger charge is 2.19. The van der Waals surface area contributed by atoms with Crippen LogP contribution in [0.15, 0.2) is 162 Å². The lowest BCUT2D eigenvalue weighted by Crippen LogP contribution is -1.91. The molecule has 0 spiro atoms. The Labute approximate surface area is 249 Å². The van der Waals surface area contributed by atoms with Gasteiger partial charge in [-0.1, -0.05) is 133 Å². The van der Waals surface area contributed by atoms with Crippen molar-refractivity contribution in [3.8, 4) is 33.4 Å². The average molecular weight is 547 g/mol. The molecule has 0 aliphatic carbocycles. The summed E-state index contributed by atoms with van der Waals surface area (Å²) in [6, 6.07) is 56.8. The lowest BCUT2D eigenvalue weighted by atomic mass is 9.84. The van der Waals surface area contributed by atoms with Crippen LogP contribution in [0.1, 0.15) is 0 Å². The summed E-state index contributed by atoms with van der Waals surface area (Å²) in [5.74, 6) is 0. The van der Waals surface area contributed by atoms with Crippen molar-refractivity contribution in [3.63, 3.8) is 0 Å². The predicted molar refractivity (Wildman–Crippen MR) is 183 cm³/mol. The molecular weight excluding hydrogens is 520 g/mol. The van der Waals surface area contributed by atoms with E-state index in [2.05, 4.69) is 158 Å². The molecule has 0 saturated carbocycles. The van der Waals surface area contributed by atoms with Gasteiger partial charge in [0, 0.05) is 10.8 Å². The van der Waals surface area contributed by atoms with Crippen LogP contribution in [0.4, 0.5) is 0 Å². The van der Waals surface area contributed by atoms with Crippen molar-refractivity contribution < 1.29 is 4.42 Å². The fraction of sp³-hybridized carbons (Fsp3) is 0. The Hall–Kier alpha value is -5.66. The van der Waals surface area contributed by atoms with Gasteiger partial charge >= 0.3 is 0 Å². The Bertz CT molecular complexity index is 2440. The first-order valence-corrected chi connectivity index (χ1v) is 14.8. The second kappa shape index (κ2) is 9.44. The smallest absolute Gasteiger partial charge is 0.135 e. The van der Waals surface area contributed by atoms with Crippen LogP contribution in [0, 0.1) is 0 Å². The summed E-state index contributed by atoms with van der Waals surface area (Å²) in [6.45, 7) is 0. The second-order valence-electron chi connectivity index (χ2n) is 11.3. The lowest BCUT2D eigenvalue weighted by Gasteiger charge is -2.18. The monoisotopic (exact) mass is 546 g/mol. The van der Waals surface area contributed by atoms with Crippen molar-refractivity contribution in [1.29, 1.82) is 0 Å². The van der Waals surface area contributed by atoms with Crippen LogP contribution in [0.3, 0.4) is 0 Å². The van der Waals surface area contributed by atoms with Crippen LogP contribution in [-0.2, 0) is 0 Å². The van der Waals surface area contributed by atoms with E-state index >= 15 is 0 Å². The van der Waals surface area contributed by atoms with Crippen molar-refractivity contribution in [2.45, 2.75) is 0 Å². The van der Waals surface area contributed by atoms with E-state index in [1.165, 1.54) is 65.7 Å². The largest absolute Gasteiger partial charge is 0.456 e. The van der Waals surface area contributed by atoms with Gasteiger partial charge in [0.15, 0.2) is 0 Å². The molecule has 1 aromatic heterocycles. The number of furan rings is 1. The summed E-state index contributed by atoms with van der Waals surface area (Å²) in [6.07, 6.45) is 0. The van der Waals surface area contributed by atoms with Crippen molar-refractivity contribution >= 4 is 54.3 Å². The minimum absolute atomic E-state index is 0.907. The molecule has 43 heavy (non-hydrogen) atoms. The first kappa shape index (κ1) is 24.0. The quantitative estimate of drug-likeness (QED) is 0.201. The predicted octanol–water partition coefficient (Wildman–Crippen LogP) is 12.0. The van der Waals surface area contributed by atoms with Gasteiger partial charge in [-0.05, 0) is 90.0 Å². The Kier molecular flexibility index (Phi) is 5.27. The zero-order valence-corrected chi connectivity index (χ0v) is 23.4. The molecule has 0 fully saturated rings. The van der Waals surface area contributed by atoms with E-state index in [1.807, 2.05) is 0 Å². The summed E-state index contributed by atoms with van der Waals surface area (Å²) < 4.78 is 6.33. The molecule has 0 amide bonds. The van der Waals surface area contributed by atoms with Gasteiger partial charge in [0.05, 0.1) is 0 Å². The highest BCUT2D eigenvalue weighted by atomic mass is 16.3. The van der Waals surface area contributed by atoms with Crippen molar-refractivity contribution in [1.82, 2.24) is 0 Å². The summed E-state index contributed by atoms with van der Waals surface area (Å²) in [7, 11) is 0. The van der Waals surface area contributed by atoms with E-state index in [0.29, 0.717) is 0 Å². The number of benzene rings is 8. The van der Waals surface area contributed by atoms with Crippen molar-refractivity contribution in [2.24, 2.45) is 0 Å². The van der Waals surface area contributed by atoms with Crippen LogP contribution >= 0.6 is 0 Å². The first-order valence-electron chi connectivity index (χ1n) is 14.8. The fourth-order valence-electron chi connectivity index (χ4n) is 6.92. The maximum absolute atomic E-state index is 6.33. The molecule has 0 N–H and O–H groups in total. The highest BCUT2D eigenvalue weighted by molar-refractivity contribution is 6.24. The van der Waals surface area contributed by atoms with Gasteiger partial charge in [0.1, 0.15) is 11.2 Å². The molecule has 200 valence electrons. The van der Waals surface area contributed by atoms with Crippen LogP contribution < -0.4 is 0 Å². The molecular formula is C42H26O. The molecule has 0 bridgehead atoms. The zero-order chi connectivity index (χ0) is 28.3. The number of fused-ring (bicyclic) bond motifs is 6. The molecule has 0 saturated heterocycles. The highest BCUT2D eigenvalue weighted by Crippen LogP contribution is 2.46. The SMILES string of the molecule is c1ccc(-c2ccc3oc4ccc(-c5c6ccccc6c(-c6cccc7ccccc67)c6ccccc56)cc4c3c2)cc1. The normalized spacial score (nSPS) is 11.7. The van der Waals surface area contributed by atoms with Gasteiger partial charge < -0.3 is 4.42 Å². The molecule has 1 heteroatoms. The fourth-order valence-corrected chi connectivity index (χ4v) is 6.92. The summed E-state index contributed by atoms with van der Waals surface area (Å²) in [5, 5.41) is 9.82. The minimum atomic E-state index is 0.907. The topological polar surface area (TPSA) is 13.1 Å². The maximum atomic E-state index is 6.33. The molecule has 1 heterocycles. The van der Waals surface area contributed by atoms with Crippen molar-refractivity contribution in [2.75, 3.05) is 0 Å². The van der Waals surface area contributed by atoms with Crippen LogP contribution in [-0.4, -0.2) is 0 Å². The van der Waals surface area contributed by atoms with Gasteiger partial charge in [-0.3, -0.25) is 0 Å². The molecule has 0 aliphatic rings. The molecule has 0 radical (unpaired) electrons. The number of hydrogen-bond donors (Lipinski definition) is 0. The Morgan fingerprint density at radius 2 is 0.814 bits per heavy atom. The van der Waals surface area contributed by atoms with E-state index in [4.69, 9.17) is 4.42 Å². The van der Waals surface area contributed by atoms with E-state index in [-0.39, 0.29) is 0 Å². The standard InChI is InChI=1S/C42H26O/c1-2-11-27(12-3-1)29-21-23-39-37(25-29)38-26-30(22-24-40(38)43-39)41-33-16-6-8-18-35(33)42(36-19-9-7-17-34(36)41)32-20-10-14-28-13-4-5-15-31(28)32/h1-26H. The van der Waals surface area contributed by atoms with E-state index in [1.54, 1.807) is 0 Å². The maximum Gasteiger partial charge on any atom is 0.135 e. The average Bonchev–Trinajstić information content (AvgIpc) is 3.44. The molecule has 0 unspecified atom stereocenters. The van der Waals surface area contributed by atoms with E-state index < -0.39 is 0 Å². The van der Waals surface area contributed by atoms with Crippen molar-refractivity contribution in [3.05, 3.63) is 158 Å². The lowest BCUT2D eigenvalue weighted by molar-refractivity contribution is 0.669. The summed E-state index contributed by atoms with van der Waals surface area (Å²) >= 11 is 0. The first-order chi connectivity index (χ1) is 21.3. The molecule has 9 rings (SSSR count). The molecule has 0 atom stereocenters. The third-order valence-corrected chi connectivity index (χ3v) is 8.86. The van der Waals surface area contributed by atoms with Crippen LogP contribution in [0.25, 0.3) is 87.6 Å². The molecule has 1 nitrogen and oxygen atoms in total. The summed E-state index contributed by atoms with van der Waals surface area (Å²) in [4.78, 5) is 0. The van der Waals surface area contributed by atoms with Gasteiger partial charge in [-0.25, -0.2) is 0 Å². The van der Waals surface area contributed by atoms with Crippen LogP contribution in [0.5, 0.6) is 0 Å². The van der Waals surface area contributed by atoms with Gasteiger partial charge in [0.2, 0.25) is 0 Å². The van der Waals surface area contributed by atoms with Crippen LogP contribution in [0.2, 0.25) is 0 Å². The number of hydrogen-bond acceptors (Lipinski definition) is 1. The van der Waals surface area contributed by atoms with E-state index in [9.17, 15) is 0 Å². The third kappa shape index (κ3) is 3.72. The third-order valence-electron chi connectivity index (χ3n) is 8.86. The Morgan fingerprint density at radius 1 is 0.302 bits per heavy atom. The van der Waals surface area contributed by atoms with Gasteiger partial charge in [-0.2, -0.15) is 0 Å². The molecule has 0 aliphatic heterocycles. The van der Waals surface area contributed by atoms with Gasteiger partial charge in [-0.15, -0.1) is 0 Å².